The van der Waals surface area contributed by atoms with Gasteiger partial charge < -0.3 is 30.4 Å². The van der Waals surface area contributed by atoms with Crippen LogP contribution in [0.5, 0.6) is 0 Å². The minimum atomic E-state index is -1.10. The summed E-state index contributed by atoms with van der Waals surface area (Å²) >= 11 is 0. The number of para-hydroxylation sites is 1. The van der Waals surface area contributed by atoms with Gasteiger partial charge in [0, 0.05) is 42.5 Å². The van der Waals surface area contributed by atoms with Gasteiger partial charge in [-0.15, -0.1) is 0 Å². The van der Waals surface area contributed by atoms with Crippen LogP contribution in [0.25, 0.3) is 10.9 Å². The Balaban J connectivity index is 1.56. The van der Waals surface area contributed by atoms with Crippen molar-refractivity contribution in [3.8, 4) is 0 Å². The van der Waals surface area contributed by atoms with Gasteiger partial charge in [0.05, 0.1) is 0 Å². The third kappa shape index (κ3) is 7.47. The summed E-state index contributed by atoms with van der Waals surface area (Å²) in [6, 6.07) is 5.80. The van der Waals surface area contributed by atoms with Crippen molar-refractivity contribution in [3.05, 3.63) is 36.0 Å². The van der Waals surface area contributed by atoms with E-state index < -0.39 is 35.7 Å². The van der Waals surface area contributed by atoms with E-state index in [9.17, 15) is 24.3 Å². The van der Waals surface area contributed by atoms with E-state index in [4.69, 9.17) is 4.74 Å². The van der Waals surface area contributed by atoms with E-state index in [1.54, 1.807) is 31.9 Å². The van der Waals surface area contributed by atoms with Crippen LogP contribution in [0.2, 0.25) is 0 Å². The average Bonchev–Trinajstić information content (AvgIpc) is 3.23. The summed E-state index contributed by atoms with van der Waals surface area (Å²) in [5.74, 6) is -2.19. The zero-order valence-corrected chi connectivity index (χ0v) is 22.2. The Bertz CT molecular complexity index is 1130. The summed E-state index contributed by atoms with van der Waals surface area (Å²) in [7, 11) is 0. The van der Waals surface area contributed by atoms with Crippen molar-refractivity contribution in [2.75, 3.05) is 13.1 Å². The van der Waals surface area contributed by atoms with Crippen LogP contribution < -0.4 is 10.6 Å². The predicted molar refractivity (Wildman–Crippen MR) is 139 cm³/mol. The minimum absolute atomic E-state index is 0.151. The number of piperidine rings is 1. The first-order valence-electron chi connectivity index (χ1n) is 12.7. The lowest BCUT2D eigenvalue weighted by Gasteiger charge is -2.35. The molecule has 3 rings (SSSR count). The molecule has 2 aromatic rings. The highest BCUT2D eigenvalue weighted by atomic mass is 16.6. The fourth-order valence-corrected chi connectivity index (χ4v) is 4.52. The summed E-state index contributed by atoms with van der Waals surface area (Å²) < 4.78 is 5.30. The number of hydrogen-bond acceptors (Lipinski definition) is 5. The van der Waals surface area contributed by atoms with E-state index in [-0.39, 0.29) is 24.2 Å². The number of aliphatic carboxylic acids is 1. The third-order valence-electron chi connectivity index (χ3n) is 6.50. The highest BCUT2D eigenvalue weighted by molar-refractivity contribution is 5.88. The van der Waals surface area contributed by atoms with Crippen LogP contribution in [0.1, 0.15) is 53.0 Å². The standard InChI is InChI=1S/C27H38N4O6/c1-16(2)22(30-26(36)37-27(3,4)5)24(33)31-12-10-17(11-13-31)23(32)29-21(25(34)35)14-18-15-28-20-9-7-6-8-19(18)20/h6-9,15-17,21-22,28H,10-14H2,1-5H3,(H,29,32)(H,30,36)(H,34,35). The second-order valence-electron chi connectivity index (χ2n) is 10.9. The molecule has 1 saturated heterocycles. The normalized spacial score (nSPS) is 16.3. The summed E-state index contributed by atoms with van der Waals surface area (Å²) in [4.78, 5) is 55.0. The Kier molecular flexibility index (Phi) is 8.83. The van der Waals surface area contributed by atoms with Crippen molar-refractivity contribution in [1.29, 1.82) is 0 Å². The molecular weight excluding hydrogens is 476 g/mol. The molecular formula is C27H38N4O6. The molecule has 0 spiro atoms. The SMILES string of the molecule is CC(C)C(NC(=O)OC(C)(C)C)C(=O)N1CCC(C(=O)NC(Cc2c[nH]c3ccccc23)C(=O)O)CC1. The lowest BCUT2D eigenvalue weighted by molar-refractivity contribution is -0.143. The van der Waals surface area contributed by atoms with E-state index >= 15 is 0 Å². The first kappa shape index (κ1) is 28.0. The quantitative estimate of drug-likeness (QED) is 0.427. The summed E-state index contributed by atoms with van der Waals surface area (Å²) in [5, 5.41) is 16.0. The number of H-pyrrole nitrogens is 1. The van der Waals surface area contributed by atoms with Gasteiger partial charge in [-0.05, 0) is 51.2 Å². The van der Waals surface area contributed by atoms with Gasteiger partial charge in [-0.3, -0.25) is 9.59 Å². The number of fused-ring (bicyclic) bond motifs is 1. The van der Waals surface area contributed by atoms with Gasteiger partial charge in [0.25, 0.3) is 0 Å². The summed E-state index contributed by atoms with van der Waals surface area (Å²) in [6.45, 7) is 9.64. The van der Waals surface area contributed by atoms with E-state index in [0.717, 1.165) is 16.5 Å². The molecule has 37 heavy (non-hydrogen) atoms. The number of likely N-dealkylation sites (tertiary alicyclic amines) is 1. The molecule has 4 N–H and O–H groups in total. The van der Waals surface area contributed by atoms with E-state index in [1.807, 2.05) is 38.1 Å². The van der Waals surface area contributed by atoms with E-state index in [1.165, 1.54) is 0 Å². The monoisotopic (exact) mass is 514 g/mol. The number of carbonyl (C=O) groups is 4. The topological polar surface area (TPSA) is 141 Å². The lowest BCUT2D eigenvalue weighted by atomic mass is 9.93. The fraction of sp³-hybridized carbons (Fsp3) is 0.556. The van der Waals surface area contributed by atoms with Crippen molar-refractivity contribution in [2.45, 2.75) is 71.6 Å². The molecule has 10 heteroatoms. The zero-order chi connectivity index (χ0) is 27.3. The summed E-state index contributed by atoms with van der Waals surface area (Å²) in [5.41, 5.74) is 1.05. The Morgan fingerprint density at radius 1 is 1.11 bits per heavy atom. The van der Waals surface area contributed by atoms with Gasteiger partial charge in [0.15, 0.2) is 0 Å². The Labute approximate surface area is 217 Å². The zero-order valence-electron chi connectivity index (χ0n) is 22.2. The van der Waals surface area contributed by atoms with Crippen molar-refractivity contribution >= 4 is 34.8 Å². The molecule has 3 amide bonds. The molecule has 1 aromatic heterocycles. The highest BCUT2D eigenvalue weighted by Crippen LogP contribution is 2.22. The second kappa shape index (κ2) is 11.7. The van der Waals surface area contributed by atoms with Gasteiger partial charge in [0.1, 0.15) is 17.7 Å². The average molecular weight is 515 g/mol. The van der Waals surface area contributed by atoms with Gasteiger partial charge in [-0.25, -0.2) is 9.59 Å². The van der Waals surface area contributed by atoms with Crippen molar-refractivity contribution in [1.82, 2.24) is 20.5 Å². The predicted octanol–water partition coefficient (Wildman–Crippen LogP) is 3.07. The fourth-order valence-electron chi connectivity index (χ4n) is 4.52. The van der Waals surface area contributed by atoms with Crippen LogP contribution in [0.3, 0.4) is 0 Å². The number of nitrogens with one attached hydrogen (secondary N) is 3. The number of nitrogens with zero attached hydrogens (tertiary/aromatic N) is 1. The number of rotatable bonds is 8. The number of benzene rings is 1. The van der Waals surface area contributed by atoms with Crippen LogP contribution in [-0.4, -0.2) is 69.6 Å². The second-order valence-corrected chi connectivity index (χ2v) is 10.9. The number of aromatic nitrogens is 1. The van der Waals surface area contributed by atoms with E-state index in [2.05, 4.69) is 15.6 Å². The number of alkyl carbamates (subject to hydrolysis) is 1. The number of aromatic amines is 1. The molecule has 0 radical (unpaired) electrons. The maximum absolute atomic E-state index is 13.1. The number of hydrogen-bond donors (Lipinski definition) is 4. The molecule has 1 aromatic carbocycles. The molecule has 2 heterocycles. The summed E-state index contributed by atoms with van der Waals surface area (Å²) in [6.07, 6.45) is 2.11. The Morgan fingerprint density at radius 2 is 1.76 bits per heavy atom. The number of carboxylic acid groups (broad SMARTS) is 1. The Hall–Kier alpha value is -3.56. The molecule has 202 valence electrons. The molecule has 2 atom stereocenters. The van der Waals surface area contributed by atoms with Gasteiger partial charge in [-0.2, -0.15) is 0 Å². The van der Waals surface area contributed by atoms with Crippen LogP contribution in [0.15, 0.2) is 30.5 Å². The molecule has 0 aliphatic carbocycles. The van der Waals surface area contributed by atoms with Crippen LogP contribution >= 0.6 is 0 Å². The van der Waals surface area contributed by atoms with Gasteiger partial charge in [0.2, 0.25) is 11.8 Å². The van der Waals surface area contributed by atoms with Crippen LogP contribution in [0, 0.1) is 11.8 Å². The maximum Gasteiger partial charge on any atom is 0.408 e. The van der Waals surface area contributed by atoms with Crippen LogP contribution in [-0.2, 0) is 25.5 Å². The van der Waals surface area contributed by atoms with Crippen molar-refractivity contribution < 1.29 is 29.0 Å². The molecule has 1 aliphatic rings. The number of carboxylic acids is 1. The van der Waals surface area contributed by atoms with Crippen LogP contribution in [0.4, 0.5) is 4.79 Å². The number of carbonyl (C=O) groups excluding carboxylic acids is 3. The maximum atomic E-state index is 13.1. The van der Waals surface area contributed by atoms with Gasteiger partial charge in [-0.1, -0.05) is 32.0 Å². The lowest BCUT2D eigenvalue weighted by Crippen LogP contribution is -2.54. The number of amides is 3. The smallest absolute Gasteiger partial charge is 0.408 e. The van der Waals surface area contributed by atoms with Gasteiger partial charge >= 0.3 is 12.1 Å². The first-order chi connectivity index (χ1) is 17.4. The molecule has 1 fully saturated rings. The molecule has 2 unspecified atom stereocenters. The molecule has 0 saturated carbocycles. The third-order valence-corrected chi connectivity index (χ3v) is 6.50. The molecule has 1 aliphatic heterocycles. The largest absolute Gasteiger partial charge is 0.480 e. The van der Waals surface area contributed by atoms with E-state index in [0.29, 0.717) is 25.9 Å². The molecule has 0 bridgehead atoms. The van der Waals surface area contributed by atoms with Crippen molar-refractivity contribution in [2.24, 2.45) is 11.8 Å². The highest BCUT2D eigenvalue weighted by Gasteiger charge is 2.35. The first-order valence-corrected chi connectivity index (χ1v) is 12.7. The Morgan fingerprint density at radius 3 is 2.35 bits per heavy atom. The molecule has 10 nitrogen and oxygen atoms in total. The number of ether oxygens (including phenoxy) is 1. The van der Waals surface area contributed by atoms with Crippen molar-refractivity contribution in [3.63, 3.8) is 0 Å². The minimum Gasteiger partial charge on any atom is -0.480 e.